The standard InChI is InChI=1S/C11H12BrN3OS/c1-7(2)16-9-5-3-8(4-6-9)13-11-15-14-10(12)17-11/h3-7H,1-2H3,(H,13,15). The van der Waals surface area contributed by atoms with Crippen molar-refractivity contribution in [3.05, 3.63) is 28.2 Å². The minimum absolute atomic E-state index is 0.188. The number of rotatable bonds is 4. The molecule has 90 valence electrons. The molecule has 0 radical (unpaired) electrons. The van der Waals surface area contributed by atoms with E-state index in [-0.39, 0.29) is 6.10 Å². The van der Waals surface area contributed by atoms with Crippen LogP contribution in [0.3, 0.4) is 0 Å². The van der Waals surface area contributed by atoms with Crippen LogP contribution in [-0.2, 0) is 0 Å². The summed E-state index contributed by atoms with van der Waals surface area (Å²) in [4.78, 5) is 0. The number of anilines is 2. The van der Waals surface area contributed by atoms with Crippen molar-refractivity contribution in [3.63, 3.8) is 0 Å². The average molecular weight is 314 g/mol. The van der Waals surface area contributed by atoms with Gasteiger partial charge in [-0.2, -0.15) is 0 Å². The van der Waals surface area contributed by atoms with Crippen LogP contribution in [0.5, 0.6) is 5.75 Å². The summed E-state index contributed by atoms with van der Waals surface area (Å²) in [6, 6.07) is 7.76. The largest absolute Gasteiger partial charge is 0.491 e. The summed E-state index contributed by atoms with van der Waals surface area (Å²) in [5.74, 6) is 0.865. The molecule has 0 aliphatic carbocycles. The fourth-order valence-electron chi connectivity index (χ4n) is 1.27. The SMILES string of the molecule is CC(C)Oc1ccc(Nc2nnc(Br)s2)cc1. The van der Waals surface area contributed by atoms with Gasteiger partial charge in [0.25, 0.3) is 0 Å². The second-order valence-corrected chi connectivity index (χ2v) is 5.93. The molecule has 1 heterocycles. The maximum Gasteiger partial charge on any atom is 0.210 e. The van der Waals surface area contributed by atoms with E-state index in [1.807, 2.05) is 38.1 Å². The summed E-state index contributed by atoms with van der Waals surface area (Å²) in [5.41, 5.74) is 0.963. The maximum absolute atomic E-state index is 5.56. The van der Waals surface area contributed by atoms with E-state index in [0.717, 1.165) is 20.5 Å². The van der Waals surface area contributed by atoms with E-state index in [0.29, 0.717) is 0 Å². The molecular formula is C11H12BrN3OS. The van der Waals surface area contributed by atoms with Gasteiger partial charge in [-0.3, -0.25) is 0 Å². The molecule has 0 atom stereocenters. The second-order valence-electron chi connectivity index (χ2n) is 3.68. The van der Waals surface area contributed by atoms with Crippen LogP contribution < -0.4 is 10.1 Å². The van der Waals surface area contributed by atoms with Crippen LogP contribution in [0.25, 0.3) is 0 Å². The normalized spacial score (nSPS) is 10.6. The van der Waals surface area contributed by atoms with Gasteiger partial charge >= 0.3 is 0 Å². The molecule has 17 heavy (non-hydrogen) atoms. The lowest BCUT2D eigenvalue weighted by Crippen LogP contribution is -2.05. The van der Waals surface area contributed by atoms with Crippen LogP contribution in [0, 0.1) is 0 Å². The number of nitrogens with one attached hydrogen (secondary N) is 1. The Balaban J connectivity index is 2.03. The average Bonchev–Trinajstić information content (AvgIpc) is 2.66. The Labute approximate surface area is 112 Å². The first-order valence-corrected chi connectivity index (χ1v) is 6.77. The van der Waals surface area contributed by atoms with Crippen LogP contribution in [0.2, 0.25) is 0 Å². The summed E-state index contributed by atoms with van der Waals surface area (Å²) in [6.45, 7) is 4.01. The highest BCUT2D eigenvalue weighted by Crippen LogP contribution is 2.25. The van der Waals surface area contributed by atoms with Crippen LogP contribution in [-0.4, -0.2) is 16.3 Å². The number of hydrogen-bond acceptors (Lipinski definition) is 5. The first kappa shape index (κ1) is 12.3. The minimum Gasteiger partial charge on any atom is -0.491 e. The number of hydrogen-bond donors (Lipinski definition) is 1. The number of halogens is 1. The van der Waals surface area contributed by atoms with Gasteiger partial charge in [0.15, 0.2) is 3.92 Å². The predicted molar refractivity (Wildman–Crippen MR) is 73.1 cm³/mol. The third-order valence-electron chi connectivity index (χ3n) is 1.88. The molecule has 2 aromatic rings. The van der Waals surface area contributed by atoms with E-state index in [4.69, 9.17) is 4.74 Å². The van der Waals surface area contributed by atoms with Gasteiger partial charge in [0.05, 0.1) is 6.10 Å². The molecule has 0 aliphatic heterocycles. The molecule has 0 amide bonds. The first-order valence-electron chi connectivity index (χ1n) is 5.16. The highest BCUT2D eigenvalue weighted by Gasteiger charge is 2.02. The van der Waals surface area contributed by atoms with Crippen LogP contribution in [0.4, 0.5) is 10.8 Å². The molecule has 2 rings (SSSR count). The Morgan fingerprint density at radius 3 is 2.47 bits per heavy atom. The predicted octanol–water partition coefficient (Wildman–Crippen LogP) is 3.83. The molecule has 0 spiro atoms. The summed E-state index contributed by atoms with van der Waals surface area (Å²) in [7, 11) is 0. The van der Waals surface area contributed by atoms with Crippen LogP contribution in [0.15, 0.2) is 28.2 Å². The Kier molecular flexibility index (Phi) is 3.96. The molecule has 0 fully saturated rings. The smallest absolute Gasteiger partial charge is 0.210 e. The van der Waals surface area contributed by atoms with Gasteiger partial charge in [-0.25, -0.2) is 0 Å². The molecule has 0 aliphatic rings. The van der Waals surface area contributed by atoms with Crippen molar-refractivity contribution in [1.82, 2.24) is 10.2 Å². The zero-order chi connectivity index (χ0) is 12.3. The number of ether oxygens (including phenoxy) is 1. The van der Waals surface area contributed by atoms with Crippen molar-refractivity contribution >= 4 is 38.1 Å². The van der Waals surface area contributed by atoms with Gasteiger partial charge in [-0.05, 0) is 54.0 Å². The molecular weight excluding hydrogens is 302 g/mol. The van der Waals surface area contributed by atoms with Crippen LogP contribution >= 0.6 is 27.3 Å². The summed E-state index contributed by atoms with van der Waals surface area (Å²) in [6.07, 6.45) is 0.188. The van der Waals surface area contributed by atoms with Crippen molar-refractivity contribution in [2.45, 2.75) is 20.0 Å². The topological polar surface area (TPSA) is 47.0 Å². The molecule has 0 unspecified atom stereocenters. The first-order chi connectivity index (χ1) is 8.13. The lowest BCUT2D eigenvalue weighted by molar-refractivity contribution is 0.242. The quantitative estimate of drug-likeness (QED) is 0.931. The minimum atomic E-state index is 0.188. The van der Waals surface area contributed by atoms with Gasteiger partial charge < -0.3 is 10.1 Å². The van der Waals surface area contributed by atoms with Crippen molar-refractivity contribution in [2.24, 2.45) is 0 Å². The fourth-order valence-corrected chi connectivity index (χ4v) is 2.30. The second kappa shape index (κ2) is 5.46. The fraction of sp³-hybridized carbons (Fsp3) is 0.273. The molecule has 0 bridgehead atoms. The Hall–Kier alpha value is -1.14. The molecule has 6 heteroatoms. The molecule has 1 N–H and O–H groups in total. The van der Waals surface area contributed by atoms with Crippen molar-refractivity contribution < 1.29 is 4.74 Å². The third kappa shape index (κ3) is 3.67. The number of benzene rings is 1. The van der Waals surface area contributed by atoms with Gasteiger partial charge in [0.2, 0.25) is 5.13 Å². The van der Waals surface area contributed by atoms with E-state index in [1.54, 1.807) is 0 Å². The number of nitrogens with zero attached hydrogens (tertiary/aromatic N) is 2. The van der Waals surface area contributed by atoms with E-state index < -0.39 is 0 Å². The van der Waals surface area contributed by atoms with Crippen LogP contribution in [0.1, 0.15) is 13.8 Å². The van der Waals surface area contributed by atoms with Crippen molar-refractivity contribution in [2.75, 3.05) is 5.32 Å². The zero-order valence-corrected chi connectivity index (χ0v) is 11.9. The Morgan fingerprint density at radius 2 is 1.94 bits per heavy atom. The zero-order valence-electron chi connectivity index (χ0n) is 9.48. The summed E-state index contributed by atoms with van der Waals surface area (Å²) in [5, 5.41) is 11.8. The van der Waals surface area contributed by atoms with E-state index in [9.17, 15) is 0 Å². The summed E-state index contributed by atoms with van der Waals surface area (Å²) >= 11 is 4.72. The lowest BCUT2D eigenvalue weighted by Gasteiger charge is -2.10. The van der Waals surface area contributed by atoms with Gasteiger partial charge in [-0.15, -0.1) is 10.2 Å². The maximum atomic E-state index is 5.56. The highest BCUT2D eigenvalue weighted by molar-refractivity contribution is 9.11. The van der Waals surface area contributed by atoms with Gasteiger partial charge in [0.1, 0.15) is 5.75 Å². The highest BCUT2D eigenvalue weighted by atomic mass is 79.9. The monoisotopic (exact) mass is 313 g/mol. The molecule has 4 nitrogen and oxygen atoms in total. The van der Waals surface area contributed by atoms with E-state index in [1.165, 1.54) is 11.3 Å². The van der Waals surface area contributed by atoms with E-state index >= 15 is 0 Å². The Bertz CT molecular complexity index is 484. The Morgan fingerprint density at radius 1 is 1.24 bits per heavy atom. The number of aromatic nitrogens is 2. The molecule has 0 saturated carbocycles. The summed E-state index contributed by atoms with van der Waals surface area (Å²) < 4.78 is 6.33. The third-order valence-corrected chi connectivity index (χ3v) is 3.15. The van der Waals surface area contributed by atoms with Crippen molar-refractivity contribution in [1.29, 1.82) is 0 Å². The van der Waals surface area contributed by atoms with Gasteiger partial charge in [-0.1, -0.05) is 11.3 Å². The molecule has 1 aromatic carbocycles. The van der Waals surface area contributed by atoms with Crippen molar-refractivity contribution in [3.8, 4) is 5.75 Å². The lowest BCUT2D eigenvalue weighted by atomic mass is 10.3. The molecule has 1 aromatic heterocycles. The van der Waals surface area contributed by atoms with E-state index in [2.05, 4.69) is 31.4 Å². The molecule has 0 saturated heterocycles. The van der Waals surface area contributed by atoms with Gasteiger partial charge in [0, 0.05) is 5.69 Å².